The third kappa shape index (κ3) is 1.62. The highest BCUT2D eigenvalue weighted by Gasteiger charge is 2.52. The summed E-state index contributed by atoms with van der Waals surface area (Å²) in [6.45, 7) is 6.59. The Balaban J connectivity index is 2.56. The molecule has 1 aliphatic rings. The Labute approximate surface area is 74.3 Å². The van der Waals surface area contributed by atoms with Gasteiger partial charge in [-0.15, -0.1) is 0 Å². The first kappa shape index (κ1) is 9.56. The minimum Gasteiger partial charge on any atom is -0.469 e. The molecule has 0 aliphatic heterocycles. The predicted molar refractivity (Wildman–Crippen MR) is 47.8 cm³/mol. The Hall–Kier alpha value is -0.530. The van der Waals surface area contributed by atoms with E-state index in [0.29, 0.717) is 6.42 Å². The van der Waals surface area contributed by atoms with Crippen molar-refractivity contribution in [3.63, 3.8) is 0 Å². The molecule has 0 bridgehead atoms. The normalized spacial score (nSPS) is 20.3. The van der Waals surface area contributed by atoms with Crippen LogP contribution in [-0.4, -0.2) is 13.1 Å². The lowest BCUT2D eigenvalue weighted by Crippen LogP contribution is -2.25. The zero-order chi connectivity index (χ0) is 9.41. The maximum atomic E-state index is 11.1. The Kier molecular flexibility index (Phi) is 2.19. The van der Waals surface area contributed by atoms with E-state index < -0.39 is 0 Å². The van der Waals surface area contributed by atoms with Gasteiger partial charge in [-0.3, -0.25) is 4.79 Å². The minimum atomic E-state index is -0.0672. The lowest BCUT2D eigenvalue weighted by atomic mass is 9.75. The highest BCUT2D eigenvalue weighted by atomic mass is 16.5. The van der Waals surface area contributed by atoms with Gasteiger partial charge in [0.15, 0.2) is 0 Å². The predicted octanol–water partition coefficient (Wildman–Crippen LogP) is 2.38. The van der Waals surface area contributed by atoms with Gasteiger partial charge in [0.1, 0.15) is 0 Å². The van der Waals surface area contributed by atoms with Gasteiger partial charge in [-0.25, -0.2) is 0 Å². The molecular formula is C10H18O2. The SMILES string of the molecule is COC(=O)CC1(C(C)(C)C)CC1. The first-order chi connectivity index (χ1) is 5.41. The van der Waals surface area contributed by atoms with Crippen LogP contribution >= 0.6 is 0 Å². The molecule has 0 saturated heterocycles. The van der Waals surface area contributed by atoms with Crippen molar-refractivity contribution in [3.8, 4) is 0 Å². The third-order valence-corrected chi connectivity index (χ3v) is 3.15. The molecule has 0 radical (unpaired) electrons. The molecule has 0 atom stereocenters. The molecule has 0 aromatic rings. The van der Waals surface area contributed by atoms with E-state index in [0.717, 1.165) is 0 Å². The van der Waals surface area contributed by atoms with E-state index in [9.17, 15) is 4.79 Å². The number of carbonyl (C=O) groups is 1. The number of carbonyl (C=O) groups excluding carboxylic acids is 1. The summed E-state index contributed by atoms with van der Waals surface area (Å²) in [4.78, 5) is 11.1. The van der Waals surface area contributed by atoms with Crippen LogP contribution in [0.4, 0.5) is 0 Å². The molecule has 1 aliphatic carbocycles. The van der Waals surface area contributed by atoms with Crippen LogP contribution in [0.1, 0.15) is 40.0 Å². The Morgan fingerprint density at radius 3 is 2.17 bits per heavy atom. The van der Waals surface area contributed by atoms with Crippen LogP contribution in [0, 0.1) is 10.8 Å². The number of esters is 1. The number of methoxy groups -OCH3 is 1. The van der Waals surface area contributed by atoms with Gasteiger partial charge in [0, 0.05) is 0 Å². The van der Waals surface area contributed by atoms with Gasteiger partial charge >= 0.3 is 5.97 Å². The van der Waals surface area contributed by atoms with Crippen LogP contribution in [0.5, 0.6) is 0 Å². The molecule has 0 heterocycles. The molecule has 0 amide bonds. The number of hydrogen-bond donors (Lipinski definition) is 0. The van der Waals surface area contributed by atoms with Crippen LogP contribution in [0.25, 0.3) is 0 Å². The topological polar surface area (TPSA) is 26.3 Å². The van der Waals surface area contributed by atoms with Gasteiger partial charge in [-0.2, -0.15) is 0 Å². The summed E-state index contributed by atoms with van der Waals surface area (Å²) in [5.41, 5.74) is 0.473. The van der Waals surface area contributed by atoms with Crippen LogP contribution in [-0.2, 0) is 9.53 Å². The van der Waals surface area contributed by atoms with Crippen LogP contribution < -0.4 is 0 Å². The summed E-state index contributed by atoms with van der Waals surface area (Å²) in [7, 11) is 1.46. The lowest BCUT2D eigenvalue weighted by molar-refractivity contribution is -0.143. The van der Waals surface area contributed by atoms with E-state index in [1.807, 2.05) is 0 Å². The molecule has 0 unspecified atom stereocenters. The monoisotopic (exact) mass is 170 g/mol. The zero-order valence-electron chi connectivity index (χ0n) is 8.44. The van der Waals surface area contributed by atoms with E-state index in [2.05, 4.69) is 25.5 Å². The van der Waals surface area contributed by atoms with E-state index in [1.54, 1.807) is 0 Å². The quantitative estimate of drug-likeness (QED) is 0.595. The first-order valence-electron chi connectivity index (χ1n) is 4.48. The summed E-state index contributed by atoms with van der Waals surface area (Å²) in [5.74, 6) is -0.0672. The van der Waals surface area contributed by atoms with Crippen LogP contribution in [0.15, 0.2) is 0 Å². The Morgan fingerprint density at radius 2 is 1.92 bits per heavy atom. The molecule has 12 heavy (non-hydrogen) atoms. The molecule has 0 N–H and O–H groups in total. The number of ether oxygens (including phenoxy) is 1. The van der Waals surface area contributed by atoms with Gasteiger partial charge in [0.05, 0.1) is 13.5 Å². The number of hydrogen-bond acceptors (Lipinski definition) is 2. The first-order valence-corrected chi connectivity index (χ1v) is 4.48. The Morgan fingerprint density at radius 1 is 1.42 bits per heavy atom. The second-order valence-electron chi connectivity index (χ2n) is 4.78. The largest absolute Gasteiger partial charge is 0.469 e. The second kappa shape index (κ2) is 2.75. The van der Waals surface area contributed by atoms with Crippen molar-refractivity contribution in [2.45, 2.75) is 40.0 Å². The fourth-order valence-corrected chi connectivity index (χ4v) is 1.69. The van der Waals surface area contributed by atoms with Crippen molar-refractivity contribution in [1.82, 2.24) is 0 Å². The van der Waals surface area contributed by atoms with Gasteiger partial charge in [-0.05, 0) is 23.7 Å². The van der Waals surface area contributed by atoms with Gasteiger partial charge in [0.25, 0.3) is 0 Å². The molecule has 2 heteroatoms. The van der Waals surface area contributed by atoms with Crippen molar-refractivity contribution in [1.29, 1.82) is 0 Å². The summed E-state index contributed by atoms with van der Waals surface area (Å²) in [5, 5.41) is 0. The van der Waals surface area contributed by atoms with Crippen molar-refractivity contribution in [3.05, 3.63) is 0 Å². The maximum Gasteiger partial charge on any atom is 0.306 e. The van der Waals surface area contributed by atoms with E-state index in [1.165, 1.54) is 20.0 Å². The fourth-order valence-electron chi connectivity index (χ4n) is 1.69. The average molecular weight is 170 g/mol. The van der Waals surface area contributed by atoms with E-state index >= 15 is 0 Å². The van der Waals surface area contributed by atoms with Gasteiger partial charge in [-0.1, -0.05) is 20.8 Å². The van der Waals surface area contributed by atoms with Crippen molar-refractivity contribution in [2.75, 3.05) is 7.11 Å². The molecule has 0 spiro atoms. The third-order valence-electron chi connectivity index (χ3n) is 3.15. The molecule has 1 rings (SSSR count). The Bertz CT molecular complexity index is 185. The van der Waals surface area contributed by atoms with Crippen molar-refractivity contribution < 1.29 is 9.53 Å². The smallest absolute Gasteiger partial charge is 0.306 e. The fraction of sp³-hybridized carbons (Fsp3) is 0.900. The van der Waals surface area contributed by atoms with Crippen LogP contribution in [0.3, 0.4) is 0 Å². The van der Waals surface area contributed by atoms with Gasteiger partial charge in [0.2, 0.25) is 0 Å². The summed E-state index contributed by atoms with van der Waals surface area (Å²) < 4.78 is 4.68. The summed E-state index contributed by atoms with van der Waals surface area (Å²) in [6.07, 6.45) is 2.93. The van der Waals surface area contributed by atoms with E-state index in [4.69, 9.17) is 0 Å². The molecule has 70 valence electrons. The average Bonchev–Trinajstić information content (AvgIpc) is 2.67. The second-order valence-corrected chi connectivity index (χ2v) is 4.78. The molecule has 2 nitrogen and oxygen atoms in total. The standard InChI is InChI=1S/C10H18O2/c1-9(2,3)10(5-6-10)7-8(11)12-4/h5-7H2,1-4H3. The minimum absolute atomic E-state index is 0.0672. The highest BCUT2D eigenvalue weighted by Crippen LogP contribution is 2.60. The lowest BCUT2D eigenvalue weighted by Gasteiger charge is -2.29. The zero-order valence-corrected chi connectivity index (χ0v) is 8.44. The van der Waals surface area contributed by atoms with Crippen molar-refractivity contribution in [2.24, 2.45) is 10.8 Å². The molecule has 1 saturated carbocycles. The molecule has 0 aromatic heterocycles. The van der Waals surface area contributed by atoms with Crippen molar-refractivity contribution >= 4 is 5.97 Å². The van der Waals surface area contributed by atoms with Crippen LogP contribution in [0.2, 0.25) is 0 Å². The maximum absolute atomic E-state index is 11.1. The molecule has 0 aromatic carbocycles. The number of rotatable bonds is 2. The molecule has 1 fully saturated rings. The van der Waals surface area contributed by atoms with Gasteiger partial charge < -0.3 is 4.74 Å². The summed E-state index contributed by atoms with van der Waals surface area (Å²) in [6, 6.07) is 0. The highest BCUT2D eigenvalue weighted by molar-refractivity contribution is 5.70. The molecular weight excluding hydrogens is 152 g/mol. The van der Waals surface area contributed by atoms with E-state index in [-0.39, 0.29) is 16.8 Å². The summed E-state index contributed by atoms with van der Waals surface area (Å²) >= 11 is 0.